The summed E-state index contributed by atoms with van der Waals surface area (Å²) in [5, 5.41) is 0. The van der Waals surface area contributed by atoms with Gasteiger partial charge in [0, 0.05) is 17.7 Å². The van der Waals surface area contributed by atoms with Crippen LogP contribution in [0.15, 0.2) is 65.5 Å². The van der Waals surface area contributed by atoms with Crippen LogP contribution in [0.2, 0.25) is 0 Å². The van der Waals surface area contributed by atoms with E-state index in [1.165, 1.54) is 0 Å². The van der Waals surface area contributed by atoms with Crippen LogP contribution in [-0.2, 0) is 17.7 Å². The molecule has 0 atom stereocenters. The van der Waals surface area contributed by atoms with Crippen molar-refractivity contribution < 1.29 is 9.53 Å². The maximum Gasteiger partial charge on any atom is 0.340 e. The highest BCUT2D eigenvalue weighted by molar-refractivity contribution is 5.98. The number of hydrogen-bond donors (Lipinski definition) is 0. The van der Waals surface area contributed by atoms with Crippen LogP contribution in [0.3, 0.4) is 0 Å². The summed E-state index contributed by atoms with van der Waals surface area (Å²) in [4.78, 5) is 25.9. The first-order chi connectivity index (χ1) is 12.7. The largest absolute Gasteiger partial charge is 0.462 e. The Kier molecular flexibility index (Phi) is 4.17. The number of benzene rings is 2. The van der Waals surface area contributed by atoms with Gasteiger partial charge in [0.25, 0.3) is 5.56 Å². The Morgan fingerprint density at radius 3 is 2.54 bits per heavy atom. The van der Waals surface area contributed by atoms with Crippen LogP contribution < -0.4 is 5.56 Å². The second-order valence-corrected chi connectivity index (χ2v) is 6.27. The zero-order valence-corrected chi connectivity index (χ0v) is 14.6. The van der Waals surface area contributed by atoms with Crippen molar-refractivity contribution in [1.29, 1.82) is 0 Å². The molecule has 4 rings (SSSR count). The van der Waals surface area contributed by atoms with Crippen LogP contribution in [0.5, 0.6) is 0 Å². The zero-order valence-electron chi connectivity index (χ0n) is 14.6. The Morgan fingerprint density at radius 1 is 1.04 bits per heavy atom. The zero-order chi connectivity index (χ0) is 18.1. The van der Waals surface area contributed by atoms with Gasteiger partial charge in [-0.25, -0.2) is 4.79 Å². The number of ether oxygens (including phenoxy) is 1. The van der Waals surface area contributed by atoms with E-state index in [1.807, 2.05) is 54.6 Å². The molecule has 2 aromatic carbocycles. The lowest BCUT2D eigenvalue weighted by Crippen LogP contribution is -2.30. The Labute approximate surface area is 151 Å². The van der Waals surface area contributed by atoms with Crippen LogP contribution in [0.4, 0.5) is 0 Å². The standard InChI is InChI=1S/C22H19NO3/c1-2-26-22(25)19-14-18(15-8-4-3-5-9-15)21(24)23-13-12-16-10-6-7-11-17(16)20(19)23/h3-11,14H,2,12-13H2,1H3. The van der Waals surface area contributed by atoms with Crippen LogP contribution in [0.25, 0.3) is 22.4 Å². The average molecular weight is 345 g/mol. The highest BCUT2D eigenvalue weighted by atomic mass is 16.5. The third-order valence-corrected chi connectivity index (χ3v) is 4.75. The molecule has 0 amide bonds. The van der Waals surface area contributed by atoms with Gasteiger partial charge in [-0.3, -0.25) is 4.79 Å². The van der Waals surface area contributed by atoms with Gasteiger partial charge in [0.2, 0.25) is 0 Å². The second kappa shape index (κ2) is 6.64. The first-order valence-corrected chi connectivity index (χ1v) is 8.79. The fraction of sp³-hybridized carbons (Fsp3) is 0.182. The van der Waals surface area contributed by atoms with Gasteiger partial charge in [-0.05, 0) is 30.5 Å². The normalized spacial score (nSPS) is 12.2. The molecule has 130 valence electrons. The van der Waals surface area contributed by atoms with E-state index in [2.05, 4.69) is 0 Å². The maximum absolute atomic E-state index is 13.2. The molecule has 4 nitrogen and oxygen atoms in total. The highest BCUT2D eigenvalue weighted by Gasteiger charge is 2.26. The van der Waals surface area contributed by atoms with Crippen LogP contribution in [0.1, 0.15) is 22.8 Å². The van der Waals surface area contributed by atoms with Gasteiger partial charge in [-0.1, -0.05) is 54.6 Å². The average Bonchev–Trinajstić information content (AvgIpc) is 2.69. The van der Waals surface area contributed by atoms with E-state index in [0.717, 1.165) is 23.1 Å². The number of fused-ring (bicyclic) bond motifs is 3. The van der Waals surface area contributed by atoms with Crippen molar-refractivity contribution in [3.05, 3.63) is 82.1 Å². The first kappa shape index (κ1) is 16.3. The van der Waals surface area contributed by atoms with Gasteiger partial charge in [0.1, 0.15) is 0 Å². The molecule has 0 fully saturated rings. The second-order valence-electron chi connectivity index (χ2n) is 6.27. The predicted octanol–water partition coefficient (Wildman–Crippen LogP) is 3.92. The van der Waals surface area contributed by atoms with E-state index in [1.54, 1.807) is 17.6 Å². The Bertz CT molecular complexity index is 1030. The van der Waals surface area contributed by atoms with Crippen molar-refractivity contribution in [2.45, 2.75) is 19.9 Å². The molecule has 0 bridgehead atoms. The number of aryl methyl sites for hydroxylation is 1. The third-order valence-electron chi connectivity index (χ3n) is 4.75. The molecule has 0 N–H and O–H groups in total. The molecule has 26 heavy (non-hydrogen) atoms. The molecule has 4 heteroatoms. The van der Waals surface area contributed by atoms with Crippen LogP contribution >= 0.6 is 0 Å². The van der Waals surface area contributed by atoms with Crippen molar-refractivity contribution in [3.63, 3.8) is 0 Å². The topological polar surface area (TPSA) is 48.3 Å². The quantitative estimate of drug-likeness (QED) is 0.676. The highest BCUT2D eigenvalue weighted by Crippen LogP contribution is 2.33. The van der Waals surface area contributed by atoms with Gasteiger partial charge in [0.15, 0.2) is 0 Å². The van der Waals surface area contributed by atoms with Gasteiger partial charge in [-0.2, -0.15) is 0 Å². The molecule has 0 radical (unpaired) electrons. The van der Waals surface area contributed by atoms with Crippen molar-refractivity contribution in [2.75, 3.05) is 6.61 Å². The van der Waals surface area contributed by atoms with Gasteiger partial charge in [0.05, 0.1) is 17.9 Å². The summed E-state index contributed by atoms with van der Waals surface area (Å²) in [6.07, 6.45) is 0.767. The van der Waals surface area contributed by atoms with Crippen molar-refractivity contribution in [1.82, 2.24) is 4.57 Å². The third kappa shape index (κ3) is 2.64. The number of carbonyl (C=O) groups is 1. The van der Waals surface area contributed by atoms with Crippen LogP contribution in [-0.4, -0.2) is 17.1 Å². The molecular formula is C22H19NO3. The fourth-order valence-corrected chi connectivity index (χ4v) is 3.56. The van der Waals surface area contributed by atoms with E-state index in [0.29, 0.717) is 30.0 Å². The van der Waals surface area contributed by atoms with Crippen molar-refractivity contribution in [3.8, 4) is 22.4 Å². The number of nitrogens with zero attached hydrogens (tertiary/aromatic N) is 1. The van der Waals surface area contributed by atoms with Gasteiger partial charge >= 0.3 is 5.97 Å². The molecular weight excluding hydrogens is 326 g/mol. The summed E-state index contributed by atoms with van der Waals surface area (Å²) in [6.45, 7) is 2.63. The first-order valence-electron chi connectivity index (χ1n) is 8.79. The summed E-state index contributed by atoms with van der Waals surface area (Å²) in [6, 6.07) is 19.1. The monoisotopic (exact) mass is 345 g/mol. The summed E-state index contributed by atoms with van der Waals surface area (Å²) < 4.78 is 7.00. The van der Waals surface area contributed by atoms with Crippen molar-refractivity contribution >= 4 is 5.97 Å². The number of aromatic nitrogens is 1. The van der Waals surface area contributed by atoms with Crippen molar-refractivity contribution in [2.24, 2.45) is 0 Å². The molecule has 0 spiro atoms. The molecule has 1 aromatic heterocycles. The number of carbonyl (C=O) groups excluding carboxylic acids is 1. The number of esters is 1. The molecule has 0 unspecified atom stereocenters. The molecule has 3 aromatic rings. The molecule has 0 saturated heterocycles. The number of pyridine rings is 1. The minimum atomic E-state index is -0.398. The van der Waals surface area contributed by atoms with E-state index >= 15 is 0 Å². The number of rotatable bonds is 3. The summed E-state index contributed by atoms with van der Waals surface area (Å²) in [5.41, 5.74) is 4.43. The van der Waals surface area contributed by atoms with Crippen LogP contribution in [0, 0.1) is 0 Å². The van der Waals surface area contributed by atoms with E-state index in [-0.39, 0.29) is 5.56 Å². The molecule has 1 aliphatic heterocycles. The summed E-state index contributed by atoms with van der Waals surface area (Å²) in [7, 11) is 0. The minimum absolute atomic E-state index is 0.0752. The molecule has 1 aliphatic rings. The van der Waals surface area contributed by atoms with E-state index < -0.39 is 5.97 Å². The molecule has 0 aliphatic carbocycles. The van der Waals surface area contributed by atoms with E-state index in [9.17, 15) is 9.59 Å². The smallest absolute Gasteiger partial charge is 0.340 e. The molecule has 2 heterocycles. The summed E-state index contributed by atoms with van der Waals surface area (Å²) in [5.74, 6) is -0.398. The number of hydrogen-bond acceptors (Lipinski definition) is 3. The molecule has 0 saturated carbocycles. The summed E-state index contributed by atoms with van der Waals surface area (Å²) >= 11 is 0. The Balaban J connectivity index is 2.03. The Morgan fingerprint density at radius 2 is 1.77 bits per heavy atom. The predicted molar refractivity (Wildman–Crippen MR) is 101 cm³/mol. The van der Waals surface area contributed by atoms with Gasteiger partial charge < -0.3 is 9.30 Å². The SMILES string of the molecule is CCOC(=O)c1cc(-c2ccccc2)c(=O)n2c1-c1ccccc1CC2. The van der Waals surface area contributed by atoms with E-state index in [4.69, 9.17) is 4.74 Å². The Hall–Kier alpha value is -3.14. The lowest BCUT2D eigenvalue weighted by atomic mass is 9.92. The maximum atomic E-state index is 13.2. The lowest BCUT2D eigenvalue weighted by molar-refractivity contribution is 0.0526. The minimum Gasteiger partial charge on any atom is -0.462 e. The van der Waals surface area contributed by atoms with Gasteiger partial charge in [-0.15, -0.1) is 0 Å². The fourth-order valence-electron chi connectivity index (χ4n) is 3.56. The lowest BCUT2D eigenvalue weighted by Gasteiger charge is -2.24.